The Balaban J connectivity index is 1.94. The number of rotatable bonds is 6. The molecule has 2 rings (SSSR count). The Morgan fingerprint density at radius 2 is 2.35 bits per heavy atom. The number of nitrogens with zero attached hydrogens (tertiary/aromatic N) is 2. The van der Waals surface area contributed by atoms with Crippen LogP contribution in [-0.4, -0.2) is 27.4 Å². The highest BCUT2D eigenvalue weighted by Crippen LogP contribution is 2.25. The topological polar surface area (TPSA) is 70.7 Å². The van der Waals surface area contributed by atoms with Crippen molar-refractivity contribution in [2.45, 2.75) is 26.7 Å². The van der Waals surface area contributed by atoms with E-state index in [1.54, 1.807) is 12.5 Å². The third-order valence-electron chi connectivity index (χ3n) is 2.71. The van der Waals surface area contributed by atoms with Crippen molar-refractivity contribution in [1.82, 2.24) is 20.3 Å². The van der Waals surface area contributed by atoms with Gasteiger partial charge in [-0.2, -0.15) is 0 Å². The summed E-state index contributed by atoms with van der Waals surface area (Å²) in [5.41, 5.74) is 1.45. The lowest BCUT2D eigenvalue weighted by Crippen LogP contribution is -2.27. The molecule has 108 valence electrons. The summed E-state index contributed by atoms with van der Waals surface area (Å²) >= 11 is 7.30. The number of carbonyl (C=O) groups excluding carboxylic acids is 1. The molecule has 20 heavy (non-hydrogen) atoms. The highest BCUT2D eigenvalue weighted by atomic mass is 35.5. The molecule has 5 nitrogen and oxygen atoms in total. The second kappa shape index (κ2) is 6.85. The molecule has 2 aromatic heterocycles. The van der Waals surface area contributed by atoms with Crippen molar-refractivity contribution in [3.8, 4) is 0 Å². The van der Waals surface area contributed by atoms with Crippen molar-refractivity contribution < 1.29 is 4.79 Å². The average Bonchev–Trinajstić information content (AvgIpc) is 2.98. The van der Waals surface area contributed by atoms with E-state index in [2.05, 4.69) is 34.1 Å². The van der Waals surface area contributed by atoms with Gasteiger partial charge in [0.15, 0.2) is 4.47 Å². The second-order valence-electron chi connectivity index (χ2n) is 4.92. The number of thiazole rings is 1. The first kappa shape index (κ1) is 15.0. The van der Waals surface area contributed by atoms with E-state index in [9.17, 15) is 4.79 Å². The van der Waals surface area contributed by atoms with Gasteiger partial charge in [-0.3, -0.25) is 4.79 Å². The second-order valence-corrected chi connectivity index (χ2v) is 6.59. The maximum atomic E-state index is 12.1. The molecule has 0 bridgehead atoms. The molecule has 0 aliphatic carbocycles. The summed E-state index contributed by atoms with van der Waals surface area (Å²) in [5.74, 6) is 0.298. The molecule has 0 radical (unpaired) electrons. The van der Waals surface area contributed by atoms with Gasteiger partial charge < -0.3 is 10.3 Å². The number of aromatic amines is 1. The standard InChI is InChI=1S/C13H17ClN4OS/c1-8(2)5-10-11(18-13(14)20-10)12(19)16-4-3-9-6-15-7-17-9/h6-8H,3-5H2,1-2H3,(H,15,17)(H,16,19). The van der Waals surface area contributed by atoms with Crippen molar-refractivity contribution in [1.29, 1.82) is 0 Å². The van der Waals surface area contributed by atoms with E-state index in [1.807, 2.05) is 0 Å². The summed E-state index contributed by atoms with van der Waals surface area (Å²) in [6.07, 6.45) is 4.89. The molecule has 0 spiro atoms. The van der Waals surface area contributed by atoms with Crippen molar-refractivity contribution in [2.75, 3.05) is 6.54 Å². The minimum Gasteiger partial charge on any atom is -0.350 e. The van der Waals surface area contributed by atoms with Crippen LogP contribution >= 0.6 is 22.9 Å². The Morgan fingerprint density at radius 3 is 3.00 bits per heavy atom. The number of imidazole rings is 1. The van der Waals surface area contributed by atoms with Crippen LogP contribution in [0, 0.1) is 5.92 Å². The maximum Gasteiger partial charge on any atom is 0.271 e. The smallest absolute Gasteiger partial charge is 0.271 e. The molecule has 0 aliphatic heterocycles. The molecule has 0 unspecified atom stereocenters. The quantitative estimate of drug-likeness (QED) is 0.861. The van der Waals surface area contributed by atoms with Crippen molar-refractivity contribution >= 4 is 28.8 Å². The molecule has 2 aromatic rings. The van der Waals surface area contributed by atoms with E-state index in [0.717, 1.165) is 17.0 Å². The Hall–Kier alpha value is -1.40. The number of nitrogens with one attached hydrogen (secondary N) is 2. The fourth-order valence-electron chi connectivity index (χ4n) is 1.83. The molecule has 0 aromatic carbocycles. The molecule has 0 saturated heterocycles. The predicted octanol–water partition coefficient (Wildman–Crippen LogP) is 2.69. The number of hydrogen-bond donors (Lipinski definition) is 2. The molecule has 2 heterocycles. The first-order chi connectivity index (χ1) is 9.56. The molecule has 0 atom stereocenters. The summed E-state index contributed by atoms with van der Waals surface area (Å²) in [6.45, 7) is 4.75. The monoisotopic (exact) mass is 312 g/mol. The van der Waals surface area contributed by atoms with Gasteiger partial charge in [0, 0.05) is 29.7 Å². The molecule has 0 saturated carbocycles. The van der Waals surface area contributed by atoms with Crippen LogP contribution in [0.4, 0.5) is 0 Å². The van der Waals surface area contributed by atoms with Gasteiger partial charge in [0.1, 0.15) is 5.69 Å². The van der Waals surface area contributed by atoms with Crippen LogP contribution in [0.5, 0.6) is 0 Å². The van der Waals surface area contributed by atoms with Gasteiger partial charge in [-0.1, -0.05) is 25.4 Å². The Labute approximate surface area is 126 Å². The van der Waals surface area contributed by atoms with Crippen LogP contribution in [0.2, 0.25) is 4.47 Å². The van der Waals surface area contributed by atoms with Gasteiger partial charge in [0.25, 0.3) is 5.91 Å². The number of aromatic nitrogens is 3. The predicted molar refractivity (Wildman–Crippen MR) is 80.3 cm³/mol. The van der Waals surface area contributed by atoms with Gasteiger partial charge in [0.2, 0.25) is 0 Å². The van der Waals surface area contributed by atoms with Crippen molar-refractivity contribution in [2.24, 2.45) is 5.92 Å². The Kier molecular flexibility index (Phi) is 5.14. The summed E-state index contributed by atoms with van der Waals surface area (Å²) in [6, 6.07) is 0. The molecule has 1 amide bonds. The lowest BCUT2D eigenvalue weighted by Gasteiger charge is -2.06. The van der Waals surface area contributed by atoms with E-state index < -0.39 is 0 Å². The Morgan fingerprint density at radius 1 is 1.55 bits per heavy atom. The van der Waals surface area contributed by atoms with Gasteiger partial charge in [0.05, 0.1) is 6.33 Å². The number of halogens is 1. The van der Waals surface area contributed by atoms with E-state index in [-0.39, 0.29) is 5.91 Å². The van der Waals surface area contributed by atoms with Crippen LogP contribution in [0.1, 0.15) is 34.9 Å². The highest BCUT2D eigenvalue weighted by Gasteiger charge is 2.18. The van der Waals surface area contributed by atoms with Crippen LogP contribution in [0.25, 0.3) is 0 Å². The molecule has 7 heteroatoms. The van der Waals surface area contributed by atoms with Crippen molar-refractivity contribution in [3.05, 3.63) is 33.3 Å². The summed E-state index contributed by atoms with van der Waals surface area (Å²) in [7, 11) is 0. The fraction of sp³-hybridized carbons (Fsp3) is 0.462. The zero-order valence-electron chi connectivity index (χ0n) is 11.4. The van der Waals surface area contributed by atoms with E-state index in [1.165, 1.54) is 11.3 Å². The lowest BCUT2D eigenvalue weighted by atomic mass is 10.1. The summed E-state index contributed by atoms with van der Waals surface area (Å²) in [4.78, 5) is 24.1. The Bertz CT molecular complexity index is 565. The summed E-state index contributed by atoms with van der Waals surface area (Å²) < 4.78 is 0.416. The normalized spacial score (nSPS) is 11.0. The molecule has 2 N–H and O–H groups in total. The molecular formula is C13H17ClN4OS. The number of amides is 1. The number of H-pyrrole nitrogens is 1. The van der Waals surface area contributed by atoms with E-state index in [4.69, 9.17) is 11.6 Å². The third kappa shape index (κ3) is 4.05. The highest BCUT2D eigenvalue weighted by molar-refractivity contribution is 7.16. The zero-order chi connectivity index (χ0) is 14.5. The van der Waals surface area contributed by atoms with Gasteiger partial charge >= 0.3 is 0 Å². The summed E-state index contributed by atoms with van der Waals surface area (Å²) in [5, 5.41) is 2.86. The maximum absolute atomic E-state index is 12.1. The number of carbonyl (C=O) groups is 1. The lowest BCUT2D eigenvalue weighted by molar-refractivity contribution is 0.0949. The fourth-order valence-corrected chi connectivity index (χ4v) is 3.18. The van der Waals surface area contributed by atoms with Crippen molar-refractivity contribution in [3.63, 3.8) is 0 Å². The number of hydrogen-bond acceptors (Lipinski definition) is 4. The molecular weight excluding hydrogens is 296 g/mol. The molecule has 0 aliphatic rings. The minimum absolute atomic E-state index is 0.164. The molecule has 0 fully saturated rings. The van der Waals surface area contributed by atoms with E-state index >= 15 is 0 Å². The van der Waals surface area contributed by atoms with Gasteiger partial charge in [-0.15, -0.1) is 11.3 Å². The third-order valence-corrected chi connectivity index (χ3v) is 3.90. The zero-order valence-corrected chi connectivity index (χ0v) is 13.0. The van der Waals surface area contributed by atoms with Gasteiger partial charge in [-0.05, 0) is 12.3 Å². The first-order valence-electron chi connectivity index (χ1n) is 6.47. The van der Waals surface area contributed by atoms with Crippen LogP contribution < -0.4 is 5.32 Å². The SMILES string of the molecule is CC(C)Cc1sc(Cl)nc1C(=O)NCCc1cnc[nH]1. The average molecular weight is 313 g/mol. The van der Waals surface area contributed by atoms with Crippen LogP contribution in [-0.2, 0) is 12.8 Å². The van der Waals surface area contributed by atoms with Crippen LogP contribution in [0.15, 0.2) is 12.5 Å². The van der Waals surface area contributed by atoms with Crippen LogP contribution in [0.3, 0.4) is 0 Å². The first-order valence-corrected chi connectivity index (χ1v) is 7.66. The largest absolute Gasteiger partial charge is 0.350 e. The minimum atomic E-state index is -0.164. The van der Waals surface area contributed by atoms with E-state index in [0.29, 0.717) is 29.0 Å². The van der Waals surface area contributed by atoms with Gasteiger partial charge in [-0.25, -0.2) is 9.97 Å².